The van der Waals surface area contributed by atoms with E-state index in [-0.39, 0.29) is 4.90 Å². The topological polar surface area (TPSA) is 74.6 Å². The average molecular weight is 365 g/mol. The van der Waals surface area contributed by atoms with Crippen molar-refractivity contribution in [2.45, 2.75) is 31.3 Å². The molecule has 6 nitrogen and oxygen atoms in total. The van der Waals surface area contributed by atoms with Crippen LogP contribution in [0.4, 0.5) is 0 Å². The molecule has 0 aliphatic carbocycles. The fourth-order valence-corrected chi connectivity index (χ4v) is 3.94. The SMILES string of the molecule is CNCc1cc(S(=O)(=O)NCCCN(C)Cc2ccccc2)c(C)o1. The molecular weight excluding hydrogens is 338 g/mol. The molecule has 0 atom stereocenters. The monoisotopic (exact) mass is 365 g/mol. The molecule has 0 unspecified atom stereocenters. The zero-order valence-corrected chi connectivity index (χ0v) is 15.9. The van der Waals surface area contributed by atoms with E-state index in [0.29, 0.717) is 24.6 Å². The number of nitrogens with one attached hydrogen (secondary N) is 2. The van der Waals surface area contributed by atoms with Gasteiger partial charge < -0.3 is 14.6 Å². The van der Waals surface area contributed by atoms with Gasteiger partial charge in [-0.3, -0.25) is 0 Å². The number of nitrogens with zero attached hydrogens (tertiary/aromatic N) is 1. The summed E-state index contributed by atoms with van der Waals surface area (Å²) in [5.74, 6) is 1.03. The van der Waals surface area contributed by atoms with Crippen molar-refractivity contribution in [2.75, 3.05) is 27.2 Å². The first-order valence-electron chi connectivity index (χ1n) is 8.38. The molecule has 0 aliphatic rings. The molecule has 2 N–H and O–H groups in total. The van der Waals surface area contributed by atoms with Gasteiger partial charge >= 0.3 is 0 Å². The van der Waals surface area contributed by atoms with Crippen molar-refractivity contribution in [3.8, 4) is 0 Å². The van der Waals surface area contributed by atoms with E-state index in [2.05, 4.69) is 27.1 Å². The second-order valence-electron chi connectivity index (χ2n) is 6.14. The summed E-state index contributed by atoms with van der Waals surface area (Å²) in [6, 6.07) is 11.8. The van der Waals surface area contributed by atoms with Gasteiger partial charge in [-0.2, -0.15) is 0 Å². The Morgan fingerprint density at radius 2 is 1.92 bits per heavy atom. The van der Waals surface area contributed by atoms with Gasteiger partial charge in [-0.25, -0.2) is 13.1 Å². The first-order valence-corrected chi connectivity index (χ1v) is 9.86. The number of hydrogen-bond donors (Lipinski definition) is 2. The van der Waals surface area contributed by atoms with Crippen LogP contribution in [0.25, 0.3) is 0 Å². The van der Waals surface area contributed by atoms with Crippen LogP contribution in [0.3, 0.4) is 0 Å². The van der Waals surface area contributed by atoms with Crippen LogP contribution in [-0.4, -0.2) is 40.5 Å². The smallest absolute Gasteiger partial charge is 0.244 e. The van der Waals surface area contributed by atoms with Gasteiger partial charge in [0.1, 0.15) is 16.4 Å². The highest BCUT2D eigenvalue weighted by atomic mass is 32.2. The lowest BCUT2D eigenvalue weighted by atomic mass is 10.2. The quantitative estimate of drug-likeness (QED) is 0.631. The van der Waals surface area contributed by atoms with Crippen LogP contribution in [0, 0.1) is 6.92 Å². The van der Waals surface area contributed by atoms with Gasteiger partial charge in [0.25, 0.3) is 0 Å². The molecule has 2 aromatic rings. The van der Waals surface area contributed by atoms with Crippen molar-refractivity contribution in [1.82, 2.24) is 14.9 Å². The van der Waals surface area contributed by atoms with E-state index in [1.165, 1.54) is 5.56 Å². The zero-order valence-electron chi connectivity index (χ0n) is 15.1. The minimum absolute atomic E-state index is 0.218. The molecule has 25 heavy (non-hydrogen) atoms. The van der Waals surface area contributed by atoms with Crippen molar-refractivity contribution in [2.24, 2.45) is 0 Å². The van der Waals surface area contributed by atoms with Gasteiger partial charge in [-0.15, -0.1) is 0 Å². The molecule has 7 heteroatoms. The molecular formula is C18H27N3O3S. The number of furan rings is 1. The van der Waals surface area contributed by atoms with Crippen LogP contribution in [0.5, 0.6) is 0 Å². The van der Waals surface area contributed by atoms with E-state index >= 15 is 0 Å². The van der Waals surface area contributed by atoms with Crippen LogP contribution in [0.15, 0.2) is 45.7 Å². The summed E-state index contributed by atoms with van der Waals surface area (Å²) in [5.41, 5.74) is 1.25. The second-order valence-corrected chi connectivity index (χ2v) is 7.87. The predicted octanol–water partition coefficient (Wildman–Crippen LogP) is 2.11. The fourth-order valence-electron chi connectivity index (χ4n) is 2.66. The van der Waals surface area contributed by atoms with Crippen molar-refractivity contribution < 1.29 is 12.8 Å². The number of hydrogen-bond acceptors (Lipinski definition) is 5. The van der Waals surface area contributed by atoms with E-state index < -0.39 is 10.0 Å². The molecule has 138 valence electrons. The van der Waals surface area contributed by atoms with E-state index in [9.17, 15) is 8.42 Å². The highest BCUT2D eigenvalue weighted by molar-refractivity contribution is 7.89. The summed E-state index contributed by atoms with van der Waals surface area (Å²) >= 11 is 0. The lowest BCUT2D eigenvalue weighted by Crippen LogP contribution is -2.28. The Bertz CT molecular complexity index is 757. The highest BCUT2D eigenvalue weighted by Gasteiger charge is 2.20. The summed E-state index contributed by atoms with van der Waals surface area (Å²) in [5, 5.41) is 2.95. The number of sulfonamides is 1. The summed E-state index contributed by atoms with van der Waals surface area (Å²) in [6.07, 6.45) is 0.739. The molecule has 0 fully saturated rings. The Labute approximate surface area is 150 Å². The lowest BCUT2D eigenvalue weighted by molar-refractivity contribution is 0.322. The molecule has 0 amide bonds. The normalized spacial score (nSPS) is 12.0. The predicted molar refractivity (Wildman–Crippen MR) is 98.8 cm³/mol. The molecule has 0 spiro atoms. The average Bonchev–Trinajstić information content (AvgIpc) is 2.94. The third-order valence-electron chi connectivity index (χ3n) is 3.87. The summed E-state index contributed by atoms with van der Waals surface area (Å²) in [6.45, 7) is 4.23. The molecule has 0 saturated heterocycles. The van der Waals surface area contributed by atoms with Crippen molar-refractivity contribution in [1.29, 1.82) is 0 Å². The molecule has 0 saturated carbocycles. The Kier molecular flexibility index (Phi) is 7.19. The molecule has 2 rings (SSSR count). The first kappa shape index (κ1) is 19.7. The summed E-state index contributed by atoms with van der Waals surface area (Å²) < 4.78 is 32.9. The van der Waals surface area contributed by atoms with Gasteiger partial charge in [0, 0.05) is 19.2 Å². The number of rotatable bonds is 10. The standard InChI is InChI=1S/C18H27N3O3S/c1-15-18(12-17(24-15)13-19-2)25(22,23)20-10-7-11-21(3)14-16-8-5-4-6-9-16/h4-6,8-9,12,19-20H,7,10-11,13-14H2,1-3H3. The minimum atomic E-state index is -3.54. The minimum Gasteiger partial charge on any atom is -0.464 e. The third-order valence-corrected chi connectivity index (χ3v) is 5.44. The third kappa shape index (κ3) is 5.97. The van der Waals surface area contributed by atoms with Crippen LogP contribution in [0.2, 0.25) is 0 Å². The van der Waals surface area contributed by atoms with Crippen LogP contribution < -0.4 is 10.0 Å². The number of aryl methyl sites for hydroxylation is 1. The molecule has 1 aromatic carbocycles. The molecule has 1 aromatic heterocycles. The van der Waals surface area contributed by atoms with Gasteiger partial charge in [0.15, 0.2) is 0 Å². The zero-order chi connectivity index (χ0) is 18.3. The highest BCUT2D eigenvalue weighted by Crippen LogP contribution is 2.19. The van der Waals surface area contributed by atoms with Crippen molar-refractivity contribution in [3.63, 3.8) is 0 Å². The Hall–Kier alpha value is -1.67. The van der Waals surface area contributed by atoms with Crippen LogP contribution in [0.1, 0.15) is 23.5 Å². The van der Waals surface area contributed by atoms with Crippen LogP contribution in [-0.2, 0) is 23.1 Å². The van der Waals surface area contributed by atoms with Gasteiger partial charge in [0.05, 0.1) is 6.54 Å². The molecule has 0 bridgehead atoms. The first-order chi connectivity index (χ1) is 11.9. The maximum absolute atomic E-state index is 12.4. The Balaban J connectivity index is 1.80. The van der Waals surface area contributed by atoms with Gasteiger partial charge in [0.2, 0.25) is 10.0 Å². The fraction of sp³-hybridized carbons (Fsp3) is 0.444. The molecule has 1 heterocycles. The maximum atomic E-state index is 12.4. The Morgan fingerprint density at radius 1 is 1.20 bits per heavy atom. The van der Waals surface area contributed by atoms with Crippen molar-refractivity contribution in [3.05, 3.63) is 53.5 Å². The van der Waals surface area contributed by atoms with Crippen molar-refractivity contribution >= 4 is 10.0 Å². The van der Waals surface area contributed by atoms with Crippen LogP contribution >= 0.6 is 0 Å². The van der Waals surface area contributed by atoms with E-state index in [0.717, 1.165) is 19.5 Å². The Morgan fingerprint density at radius 3 is 2.60 bits per heavy atom. The maximum Gasteiger partial charge on any atom is 0.244 e. The largest absolute Gasteiger partial charge is 0.464 e. The number of benzene rings is 1. The molecule has 0 aliphatic heterocycles. The van der Waals surface area contributed by atoms with E-state index in [1.807, 2.05) is 25.2 Å². The second kappa shape index (κ2) is 9.15. The van der Waals surface area contributed by atoms with E-state index in [4.69, 9.17) is 4.42 Å². The van der Waals surface area contributed by atoms with E-state index in [1.54, 1.807) is 20.0 Å². The summed E-state index contributed by atoms with van der Waals surface area (Å²) in [7, 11) is 0.286. The summed E-state index contributed by atoms with van der Waals surface area (Å²) in [4.78, 5) is 2.40. The molecule has 0 radical (unpaired) electrons. The van der Waals surface area contributed by atoms with Gasteiger partial charge in [-0.1, -0.05) is 30.3 Å². The van der Waals surface area contributed by atoms with Gasteiger partial charge in [-0.05, 0) is 39.5 Å². The lowest BCUT2D eigenvalue weighted by Gasteiger charge is -2.16.